The van der Waals surface area contributed by atoms with Crippen molar-refractivity contribution in [3.63, 3.8) is 0 Å². The summed E-state index contributed by atoms with van der Waals surface area (Å²) < 4.78 is 12.1. The van der Waals surface area contributed by atoms with E-state index in [1.54, 1.807) is 73.3 Å². The van der Waals surface area contributed by atoms with Crippen LogP contribution >= 0.6 is 0 Å². The molecule has 0 amide bonds. The van der Waals surface area contributed by atoms with Gasteiger partial charge in [-0.15, -0.1) is 0 Å². The van der Waals surface area contributed by atoms with Crippen LogP contribution in [0.1, 0.15) is 71.9 Å². The van der Waals surface area contributed by atoms with E-state index >= 15 is 0 Å². The molecule has 0 saturated carbocycles. The maximum Gasteiger partial charge on any atom is 0.263 e. The largest absolute Gasteiger partial charge is 0.436 e. The number of carbonyl (C=O) groups is 2. The minimum atomic E-state index is -0.300. The monoisotopic (exact) mass is 886 g/mol. The van der Waals surface area contributed by atoms with Crippen LogP contribution in [-0.2, 0) is 0 Å². The molecule has 0 unspecified atom stereocenters. The highest BCUT2D eigenvalue weighted by molar-refractivity contribution is 6.08. The number of aromatic nitrogens is 8. The number of ketones is 2. The van der Waals surface area contributed by atoms with E-state index in [1.807, 2.05) is 62.4 Å². The van der Waals surface area contributed by atoms with Crippen LogP contribution in [-0.4, -0.2) is 100 Å². The number of ether oxygens (including phenoxy) is 2. The van der Waals surface area contributed by atoms with E-state index in [0.29, 0.717) is 69.5 Å². The lowest BCUT2D eigenvalue weighted by Gasteiger charge is -2.34. The Morgan fingerprint density at radius 3 is 1.27 bits per heavy atom. The molecule has 4 N–H and O–H groups in total. The summed E-state index contributed by atoms with van der Waals surface area (Å²) >= 11 is 0. The summed E-state index contributed by atoms with van der Waals surface area (Å²) in [5.74, 6) is 4.20. The fraction of sp³-hybridized carbons (Fsp3) is 0.280. The minimum Gasteiger partial charge on any atom is -0.436 e. The second-order valence-corrected chi connectivity index (χ2v) is 16.6. The molecule has 16 heteroatoms. The van der Waals surface area contributed by atoms with Gasteiger partial charge in [0.2, 0.25) is 11.6 Å². The lowest BCUT2D eigenvalue weighted by molar-refractivity contribution is 0.102. The fourth-order valence-corrected chi connectivity index (χ4v) is 8.37. The van der Waals surface area contributed by atoms with Gasteiger partial charge in [-0.25, -0.2) is 29.9 Å². The van der Waals surface area contributed by atoms with E-state index in [-0.39, 0.29) is 23.8 Å². The predicted octanol–water partition coefficient (Wildman–Crippen LogP) is 7.95. The lowest BCUT2D eigenvalue weighted by Crippen LogP contribution is -2.37. The molecule has 66 heavy (non-hydrogen) atoms. The van der Waals surface area contributed by atoms with Crippen molar-refractivity contribution >= 4 is 45.3 Å². The van der Waals surface area contributed by atoms with Crippen molar-refractivity contribution in [1.29, 1.82) is 0 Å². The standard InChI is InChI=1S/2C25H25N5O3/c2*1-16(31)17-10-14-30(15-11-17)24-25(27-13-12-26-24)33-19-8-6-18(7-9-19)22(32)23-28-20-4-2-3-5-21(20)29-23/h2*2-9,12-13,16-17,31H,10-11,14-15H2,1H3,(H,28,29)/t2*16-/m10/s1. The summed E-state index contributed by atoms with van der Waals surface area (Å²) in [5.41, 5.74) is 4.20. The number of benzene rings is 4. The van der Waals surface area contributed by atoms with Crippen molar-refractivity contribution in [1.82, 2.24) is 39.9 Å². The first-order valence-corrected chi connectivity index (χ1v) is 22.2. The van der Waals surface area contributed by atoms with Crippen molar-refractivity contribution in [2.45, 2.75) is 51.7 Å². The zero-order chi connectivity index (χ0) is 45.6. The molecule has 6 heterocycles. The maximum atomic E-state index is 12.8. The number of aliphatic hydroxyl groups excluding tert-OH is 2. The number of imidazole rings is 2. The normalized spacial score (nSPS) is 15.5. The molecule has 16 nitrogen and oxygen atoms in total. The Labute approximate surface area is 380 Å². The number of aliphatic hydroxyl groups is 2. The third-order valence-corrected chi connectivity index (χ3v) is 12.2. The highest BCUT2D eigenvalue weighted by Crippen LogP contribution is 2.34. The van der Waals surface area contributed by atoms with Crippen molar-refractivity contribution in [2.24, 2.45) is 11.8 Å². The van der Waals surface area contributed by atoms with Gasteiger partial charge < -0.3 is 39.5 Å². The second-order valence-electron chi connectivity index (χ2n) is 16.6. The minimum absolute atomic E-state index is 0.182. The van der Waals surface area contributed by atoms with Crippen LogP contribution in [0.25, 0.3) is 22.1 Å². The van der Waals surface area contributed by atoms with E-state index in [0.717, 1.165) is 73.9 Å². The van der Waals surface area contributed by atoms with Gasteiger partial charge in [0.05, 0.1) is 34.3 Å². The third kappa shape index (κ3) is 9.89. The first-order chi connectivity index (χ1) is 32.2. The number of aromatic amines is 2. The van der Waals surface area contributed by atoms with Crippen LogP contribution in [0.5, 0.6) is 23.3 Å². The van der Waals surface area contributed by atoms with Crippen LogP contribution in [0.4, 0.5) is 11.6 Å². The Morgan fingerprint density at radius 1 is 0.545 bits per heavy atom. The van der Waals surface area contributed by atoms with Gasteiger partial charge in [-0.2, -0.15) is 0 Å². The van der Waals surface area contributed by atoms with Gasteiger partial charge in [0.15, 0.2) is 23.3 Å². The number of carbonyl (C=O) groups excluding carboxylic acids is 2. The molecule has 2 aliphatic heterocycles. The summed E-state index contributed by atoms with van der Waals surface area (Å²) in [7, 11) is 0. The molecule has 2 fully saturated rings. The van der Waals surface area contributed by atoms with Crippen LogP contribution in [0, 0.1) is 11.8 Å². The average molecular weight is 887 g/mol. The Balaban J connectivity index is 0.000000166. The van der Waals surface area contributed by atoms with E-state index in [1.165, 1.54) is 0 Å². The van der Waals surface area contributed by atoms with E-state index in [9.17, 15) is 19.8 Å². The molecule has 10 rings (SSSR count). The zero-order valence-corrected chi connectivity index (χ0v) is 36.6. The highest BCUT2D eigenvalue weighted by Gasteiger charge is 2.27. The van der Waals surface area contributed by atoms with Crippen LogP contribution in [0.3, 0.4) is 0 Å². The van der Waals surface area contributed by atoms with Crippen LogP contribution < -0.4 is 19.3 Å². The van der Waals surface area contributed by atoms with Crippen LogP contribution in [0.15, 0.2) is 122 Å². The number of hydrogen-bond acceptors (Lipinski definition) is 14. The molecule has 2 saturated heterocycles. The van der Waals surface area contributed by atoms with Crippen molar-refractivity contribution in [2.75, 3.05) is 36.0 Å². The molecule has 2 aliphatic rings. The van der Waals surface area contributed by atoms with Gasteiger partial charge in [-0.05, 0) is 124 Å². The molecule has 0 spiro atoms. The van der Waals surface area contributed by atoms with Crippen molar-refractivity contribution in [3.05, 3.63) is 145 Å². The molecular formula is C50H50N10O6. The van der Waals surface area contributed by atoms with Gasteiger partial charge in [0.25, 0.3) is 11.8 Å². The number of nitrogens with one attached hydrogen (secondary N) is 2. The SMILES string of the molecule is C[C@@H](O)C1CCN(c2nccnc2Oc2ccc(C(=O)c3nc4ccccc4[nH]3)cc2)CC1.C[C@H](O)C1CCN(c2nccnc2Oc2ccc(C(=O)c3nc4ccccc4[nH]3)cc2)CC1. The number of piperidine rings is 2. The first-order valence-electron chi connectivity index (χ1n) is 22.2. The number of fused-ring (bicyclic) bond motifs is 2. The Hall–Kier alpha value is -7.56. The lowest BCUT2D eigenvalue weighted by atomic mass is 9.92. The Bertz CT molecular complexity index is 2650. The van der Waals surface area contributed by atoms with Gasteiger partial charge in [0, 0.05) is 62.1 Å². The number of H-pyrrole nitrogens is 2. The fourth-order valence-electron chi connectivity index (χ4n) is 8.37. The first kappa shape index (κ1) is 43.7. The number of rotatable bonds is 12. The predicted molar refractivity (Wildman–Crippen MR) is 249 cm³/mol. The smallest absolute Gasteiger partial charge is 0.263 e. The molecule has 4 aromatic heterocycles. The molecule has 2 atom stereocenters. The number of para-hydroxylation sites is 4. The molecule has 0 bridgehead atoms. The average Bonchev–Trinajstić information content (AvgIpc) is 4.00. The third-order valence-electron chi connectivity index (χ3n) is 12.2. The number of hydrogen-bond donors (Lipinski definition) is 4. The van der Waals surface area contributed by atoms with Crippen molar-refractivity contribution in [3.8, 4) is 23.3 Å². The summed E-state index contributed by atoms with van der Waals surface area (Å²) in [5, 5.41) is 19.7. The highest BCUT2D eigenvalue weighted by atomic mass is 16.5. The molecule has 336 valence electrons. The topological polar surface area (TPSA) is 208 Å². The number of anilines is 2. The summed E-state index contributed by atoms with van der Waals surface area (Å²) in [6.45, 7) is 6.84. The van der Waals surface area contributed by atoms with E-state index in [2.05, 4.69) is 49.7 Å². The summed E-state index contributed by atoms with van der Waals surface area (Å²) in [6, 6.07) is 28.9. The molecule has 0 aliphatic carbocycles. The summed E-state index contributed by atoms with van der Waals surface area (Å²) in [4.78, 5) is 62.6. The second kappa shape index (κ2) is 19.7. The van der Waals surface area contributed by atoms with Gasteiger partial charge in [-0.1, -0.05) is 24.3 Å². The molecule has 4 aromatic carbocycles. The molecule has 0 radical (unpaired) electrons. The van der Waals surface area contributed by atoms with E-state index in [4.69, 9.17) is 9.47 Å². The van der Waals surface area contributed by atoms with Crippen molar-refractivity contribution < 1.29 is 29.3 Å². The van der Waals surface area contributed by atoms with Crippen LogP contribution in [0.2, 0.25) is 0 Å². The molecular weight excluding hydrogens is 837 g/mol. The number of nitrogens with zero attached hydrogens (tertiary/aromatic N) is 8. The Kier molecular flexibility index (Phi) is 13.0. The zero-order valence-electron chi connectivity index (χ0n) is 36.6. The van der Waals surface area contributed by atoms with E-state index < -0.39 is 0 Å². The van der Waals surface area contributed by atoms with Gasteiger partial charge in [-0.3, -0.25) is 9.59 Å². The Morgan fingerprint density at radius 2 is 0.909 bits per heavy atom. The maximum absolute atomic E-state index is 12.8. The molecule has 8 aromatic rings. The quantitative estimate of drug-likeness (QED) is 0.0859. The van der Waals surface area contributed by atoms with Gasteiger partial charge >= 0.3 is 0 Å². The summed E-state index contributed by atoms with van der Waals surface area (Å²) in [6.07, 6.45) is 9.48. The van der Waals surface area contributed by atoms with Gasteiger partial charge in [0.1, 0.15) is 11.5 Å².